The quantitative estimate of drug-likeness (QED) is 0.631. The van der Waals surface area contributed by atoms with E-state index in [1.54, 1.807) is 24.3 Å². The molecule has 0 radical (unpaired) electrons. The van der Waals surface area contributed by atoms with Crippen molar-refractivity contribution in [2.24, 2.45) is 0 Å². The van der Waals surface area contributed by atoms with Gasteiger partial charge in [-0.05, 0) is 50.3 Å². The van der Waals surface area contributed by atoms with Gasteiger partial charge in [-0.1, -0.05) is 25.5 Å². The van der Waals surface area contributed by atoms with Crippen LogP contribution >= 0.6 is 0 Å². The summed E-state index contributed by atoms with van der Waals surface area (Å²) >= 11 is 0. The summed E-state index contributed by atoms with van der Waals surface area (Å²) in [5.41, 5.74) is 0.846. The Morgan fingerprint density at radius 3 is 2.39 bits per heavy atom. The molecule has 0 bridgehead atoms. The Labute approximate surface area is 167 Å². The topological polar surface area (TPSA) is 92.8 Å². The van der Waals surface area contributed by atoms with Gasteiger partial charge in [-0.25, -0.2) is 8.42 Å². The van der Waals surface area contributed by atoms with Crippen LogP contribution in [0, 0.1) is 0 Å². The molecule has 0 spiro atoms. The first-order valence-electron chi connectivity index (χ1n) is 9.87. The molecule has 1 N–H and O–H groups in total. The fourth-order valence-corrected chi connectivity index (χ4v) is 4.48. The van der Waals surface area contributed by atoms with E-state index in [4.69, 9.17) is 4.74 Å². The minimum Gasteiger partial charge on any atom is -0.456 e. The Balaban J connectivity index is 1.80. The third-order valence-corrected chi connectivity index (χ3v) is 6.79. The van der Waals surface area contributed by atoms with Crippen LogP contribution in [0.3, 0.4) is 0 Å². The third kappa shape index (κ3) is 6.60. The number of ether oxygens (including phenoxy) is 1. The number of nitrogens with one attached hydrogen (secondary N) is 1. The molecule has 156 valence electrons. The third-order valence-electron chi connectivity index (χ3n) is 4.88. The highest BCUT2D eigenvalue weighted by molar-refractivity contribution is 7.89. The van der Waals surface area contributed by atoms with Crippen molar-refractivity contribution in [3.8, 4) is 0 Å². The van der Waals surface area contributed by atoms with Crippen LogP contribution in [0.1, 0.15) is 51.5 Å². The van der Waals surface area contributed by atoms with E-state index in [0.717, 1.165) is 31.2 Å². The van der Waals surface area contributed by atoms with Crippen LogP contribution in [-0.4, -0.2) is 50.3 Å². The number of nitrogens with zero attached hydrogens (tertiary/aromatic N) is 1. The molecular formula is C20H30N2O5S. The maximum Gasteiger partial charge on any atom is 0.306 e. The number of rotatable bonds is 9. The molecule has 1 aromatic rings. The molecule has 1 saturated heterocycles. The normalized spacial score (nSPS) is 16.4. The fourth-order valence-electron chi connectivity index (χ4n) is 2.97. The van der Waals surface area contributed by atoms with Gasteiger partial charge in [0.15, 0.2) is 6.61 Å². The van der Waals surface area contributed by atoms with Crippen molar-refractivity contribution < 1.29 is 22.7 Å². The van der Waals surface area contributed by atoms with Crippen molar-refractivity contribution in [1.82, 2.24) is 9.62 Å². The maximum absolute atomic E-state index is 12.6. The van der Waals surface area contributed by atoms with Gasteiger partial charge in [-0.3, -0.25) is 9.59 Å². The largest absolute Gasteiger partial charge is 0.456 e. The zero-order valence-corrected chi connectivity index (χ0v) is 17.5. The standard InChI is InChI=1S/C20H30N2O5S/c1-3-16(2)21-19(23)15-27-20(24)12-9-17-7-10-18(11-8-17)28(25,26)22-13-5-4-6-14-22/h7-8,10-11,16H,3-6,9,12-15H2,1-2H3,(H,21,23)/t16-/m1/s1. The summed E-state index contributed by atoms with van der Waals surface area (Å²) in [6.07, 6.45) is 4.23. The molecular weight excluding hydrogens is 380 g/mol. The van der Waals surface area contributed by atoms with Gasteiger partial charge in [0.1, 0.15) is 0 Å². The Hall–Kier alpha value is -1.93. The van der Waals surface area contributed by atoms with E-state index in [-0.39, 0.29) is 29.9 Å². The van der Waals surface area contributed by atoms with Gasteiger partial charge in [-0.15, -0.1) is 0 Å². The van der Waals surface area contributed by atoms with Crippen LogP contribution in [-0.2, 0) is 30.8 Å². The minimum atomic E-state index is -3.44. The minimum absolute atomic E-state index is 0.0472. The fraction of sp³-hybridized carbons (Fsp3) is 0.600. The first kappa shape index (κ1) is 22.4. The molecule has 1 aliphatic heterocycles. The number of aryl methyl sites for hydroxylation is 1. The average molecular weight is 411 g/mol. The Bertz CT molecular complexity index is 755. The van der Waals surface area contributed by atoms with Gasteiger partial charge < -0.3 is 10.1 Å². The summed E-state index contributed by atoms with van der Waals surface area (Å²) in [7, 11) is -3.44. The lowest BCUT2D eigenvalue weighted by molar-refractivity contribution is -0.148. The van der Waals surface area contributed by atoms with Crippen molar-refractivity contribution >= 4 is 21.9 Å². The summed E-state index contributed by atoms with van der Waals surface area (Å²) < 4.78 is 31.8. The highest BCUT2D eigenvalue weighted by atomic mass is 32.2. The van der Waals surface area contributed by atoms with Gasteiger partial charge in [-0.2, -0.15) is 4.31 Å². The molecule has 0 unspecified atom stereocenters. The SMILES string of the molecule is CC[C@@H](C)NC(=O)COC(=O)CCc1ccc(S(=O)(=O)N2CCCCC2)cc1. The molecule has 28 heavy (non-hydrogen) atoms. The van der Waals surface area contributed by atoms with E-state index < -0.39 is 16.0 Å². The molecule has 8 heteroatoms. The number of carbonyl (C=O) groups is 2. The van der Waals surface area contributed by atoms with Crippen LogP contribution in [0.15, 0.2) is 29.2 Å². The zero-order chi connectivity index (χ0) is 20.6. The monoisotopic (exact) mass is 410 g/mol. The maximum atomic E-state index is 12.6. The lowest BCUT2D eigenvalue weighted by Crippen LogP contribution is -2.35. The Kier molecular flexibility index (Phi) is 8.44. The lowest BCUT2D eigenvalue weighted by Gasteiger charge is -2.25. The molecule has 7 nitrogen and oxygen atoms in total. The van der Waals surface area contributed by atoms with Crippen molar-refractivity contribution in [2.45, 2.75) is 63.3 Å². The molecule has 0 aliphatic carbocycles. The molecule has 1 fully saturated rings. The second-order valence-electron chi connectivity index (χ2n) is 7.15. The van der Waals surface area contributed by atoms with Crippen LogP contribution in [0.4, 0.5) is 0 Å². The van der Waals surface area contributed by atoms with Crippen molar-refractivity contribution in [3.63, 3.8) is 0 Å². The van der Waals surface area contributed by atoms with E-state index in [9.17, 15) is 18.0 Å². The summed E-state index contributed by atoms with van der Waals surface area (Å²) in [5, 5.41) is 2.73. The van der Waals surface area contributed by atoms with Gasteiger partial charge >= 0.3 is 5.97 Å². The second kappa shape index (κ2) is 10.6. The van der Waals surface area contributed by atoms with E-state index in [0.29, 0.717) is 19.5 Å². The van der Waals surface area contributed by atoms with Gasteiger partial charge in [0.25, 0.3) is 5.91 Å². The Morgan fingerprint density at radius 1 is 1.14 bits per heavy atom. The van der Waals surface area contributed by atoms with Crippen LogP contribution in [0.25, 0.3) is 0 Å². The first-order chi connectivity index (χ1) is 13.3. The molecule has 1 heterocycles. The second-order valence-corrected chi connectivity index (χ2v) is 9.08. The molecule has 1 aromatic carbocycles. The summed E-state index contributed by atoms with van der Waals surface area (Å²) in [6, 6.07) is 6.67. The Morgan fingerprint density at radius 2 is 1.79 bits per heavy atom. The number of esters is 1. The lowest BCUT2D eigenvalue weighted by atomic mass is 10.1. The highest BCUT2D eigenvalue weighted by Crippen LogP contribution is 2.21. The van der Waals surface area contributed by atoms with Crippen molar-refractivity contribution in [3.05, 3.63) is 29.8 Å². The molecule has 2 rings (SSSR count). The predicted molar refractivity (Wildman–Crippen MR) is 106 cm³/mol. The first-order valence-corrected chi connectivity index (χ1v) is 11.3. The van der Waals surface area contributed by atoms with Crippen LogP contribution in [0.5, 0.6) is 0 Å². The summed E-state index contributed by atoms with van der Waals surface area (Å²) in [6.45, 7) is 4.70. The van der Waals surface area contributed by atoms with Gasteiger partial charge in [0.2, 0.25) is 10.0 Å². The average Bonchev–Trinajstić information content (AvgIpc) is 2.71. The van der Waals surface area contributed by atoms with Crippen molar-refractivity contribution in [1.29, 1.82) is 0 Å². The van der Waals surface area contributed by atoms with Crippen molar-refractivity contribution in [2.75, 3.05) is 19.7 Å². The molecule has 1 atom stereocenters. The zero-order valence-electron chi connectivity index (χ0n) is 16.6. The molecule has 0 aromatic heterocycles. The van der Waals surface area contributed by atoms with Crippen LogP contribution < -0.4 is 5.32 Å². The molecule has 1 amide bonds. The smallest absolute Gasteiger partial charge is 0.306 e. The highest BCUT2D eigenvalue weighted by Gasteiger charge is 2.25. The number of piperidine rings is 1. The predicted octanol–water partition coefficient (Wildman–Crippen LogP) is 2.25. The van der Waals surface area contributed by atoms with E-state index in [1.807, 2.05) is 13.8 Å². The number of carbonyl (C=O) groups excluding carboxylic acids is 2. The van der Waals surface area contributed by atoms with E-state index in [1.165, 1.54) is 4.31 Å². The van der Waals surface area contributed by atoms with Gasteiger partial charge in [0, 0.05) is 25.6 Å². The number of hydrogen-bond donors (Lipinski definition) is 1. The number of sulfonamides is 1. The summed E-state index contributed by atoms with van der Waals surface area (Å²) in [5.74, 6) is -0.765. The number of benzene rings is 1. The molecule has 0 saturated carbocycles. The van der Waals surface area contributed by atoms with E-state index >= 15 is 0 Å². The number of amides is 1. The van der Waals surface area contributed by atoms with Crippen LogP contribution in [0.2, 0.25) is 0 Å². The van der Waals surface area contributed by atoms with E-state index in [2.05, 4.69) is 5.32 Å². The van der Waals surface area contributed by atoms with Gasteiger partial charge in [0.05, 0.1) is 4.90 Å². The molecule has 1 aliphatic rings. The summed E-state index contributed by atoms with van der Waals surface area (Å²) in [4.78, 5) is 23.7. The number of hydrogen-bond acceptors (Lipinski definition) is 5.